The Morgan fingerprint density at radius 3 is 1.89 bits per heavy atom. The third kappa shape index (κ3) is 3.72. The third-order valence-electron chi connectivity index (χ3n) is 3.20. The number of benzene rings is 1. The normalized spacial score (nSPS) is 12.5. The van der Waals surface area contributed by atoms with Crippen LogP contribution in [0.1, 0.15) is 49.2 Å². The van der Waals surface area contributed by atoms with Crippen molar-refractivity contribution in [3.63, 3.8) is 0 Å². The number of alkyl halides is 1. The molecule has 0 aliphatic heterocycles. The molecule has 19 heavy (non-hydrogen) atoms. The van der Waals surface area contributed by atoms with Crippen LogP contribution < -0.4 is 0 Å². The van der Waals surface area contributed by atoms with Crippen LogP contribution in [0.5, 0.6) is 0 Å². The Kier molecular flexibility index (Phi) is 5.40. The van der Waals surface area contributed by atoms with Crippen molar-refractivity contribution in [1.82, 2.24) is 0 Å². The average Bonchev–Trinajstić information content (AvgIpc) is 2.43. The lowest BCUT2D eigenvalue weighted by Gasteiger charge is -2.11. The number of Topliss-reactive ketones (excluding diaryl/α,β-unsaturated/α-hetero) is 2. The molecule has 1 rings (SSSR count). The third-order valence-corrected chi connectivity index (χ3v) is 3.20. The fourth-order valence-electron chi connectivity index (χ4n) is 1.88. The van der Waals surface area contributed by atoms with Gasteiger partial charge in [-0.25, -0.2) is 4.39 Å². The fraction of sp³-hybridized carbons (Fsp3) is 0.500. The molecule has 0 bridgehead atoms. The van der Waals surface area contributed by atoms with Gasteiger partial charge < -0.3 is 0 Å². The van der Waals surface area contributed by atoms with Crippen LogP contribution >= 0.6 is 0 Å². The summed E-state index contributed by atoms with van der Waals surface area (Å²) in [5.41, 5.74) is 2.29. The van der Waals surface area contributed by atoms with E-state index in [-0.39, 0.29) is 0 Å². The van der Waals surface area contributed by atoms with E-state index in [4.69, 9.17) is 0 Å². The Morgan fingerprint density at radius 2 is 1.53 bits per heavy atom. The van der Waals surface area contributed by atoms with Gasteiger partial charge >= 0.3 is 0 Å². The lowest BCUT2D eigenvalue weighted by molar-refractivity contribution is -0.125. The Morgan fingerprint density at radius 1 is 1.05 bits per heavy atom. The second kappa shape index (κ2) is 6.60. The number of carbonyl (C=O) groups is 2. The number of halogens is 1. The van der Waals surface area contributed by atoms with Gasteiger partial charge in [0.15, 0.2) is 5.78 Å². The molecule has 0 heterocycles. The van der Waals surface area contributed by atoms with Gasteiger partial charge in [0.1, 0.15) is 0 Å². The standard InChI is InChI=1S/C16H21FO2/c1-5-11-7-12(6-2)9-13(8-11)16(19)14(17)15(18)10(3)4/h7-10,14H,5-6H2,1-4H3. The van der Waals surface area contributed by atoms with Gasteiger partial charge in [-0.1, -0.05) is 33.8 Å². The zero-order valence-electron chi connectivity index (χ0n) is 12.0. The largest absolute Gasteiger partial charge is 0.296 e. The monoisotopic (exact) mass is 264 g/mol. The predicted octanol–water partition coefficient (Wildman–Crippen LogP) is 3.56. The molecule has 1 aromatic rings. The lowest BCUT2D eigenvalue weighted by atomic mass is 9.94. The minimum atomic E-state index is -2.04. The molecule has 0 N–H and O–H groups in total. The molecule has 0 aliphatic carbocycles. The summed E-state index contributed by atoms with van der Waals surface area (Å²) >= 11 is 0. The quantitative estimate of drug-likeness (QED) is 0.581. The second-order valence-electron chi connectivity index (χ2n) is 5.03. The zero-order chi connectivity index (χ0) is 14.6. The Labute approximate surface area is 114 Å². The molecule has 1 unspecified atom stereocenters. The fourth-order valence-corrected chi connectivity index (χ4v) is 1.88. The van der Waals surface area contributed by atoms with Crippen molar-refractivity contribution in [1.29, 1.82) is 0 Å². The second-order valence-corrected chi connectivity index (χ2v) is 5.03. The number of aryl methyl sites for hydroxylation is 2. The van der Waals surface area contributed by atoms with E-state index in [1.807, 2.05) is 19.9 Å². The van der Waals surface area contributed by atoms with Gasteiger partial charge in [0.05, 0.1) is 0 Å². The van der Waals surface area contributed by atoms with Crippen molar-refractivity contribution in [2.24, 2.45) is 5.92 Å². The molecule has 0 saturated heterocycles. The van der Waals surface area contributed by atoms with Gasteiger partial charge in [0.25, 0.3) is 0 Å². The van der Waals surface area contributed by atoms with Gasteiger partial charge in [-0.2, -0.15) is 0 Å². The van der Waals surface area contributed by atoms with E-state index in [0.29, 0.717) is 5.56 Å². The number of ketones is 2. The number of rotatable bonds is 6. The molecule has 0 fully saturated rings. The van der Waals surface area contributed by atoms with Crippen LogP contribution in [0.3, 0.4) is 0 Å². The van der Waals surface area contributed by atoms with Crippen LogP contribution in [-0.4, -0.2) is 17.7 Å². The molecule has 0 radical (unpaired) electrons. The molecule has 2 nitrogen and oxygen atoms in total. The van der Waals surface area contributed by atoms with E-state index in [1.165, 1.54) is 0 Å². The van der Waals surface area contributed by atoms with Gasteiger partial charge in [-0.05, 0) is 36.1 Å². The smallest absolute Gasteiger partial charge is 0.221 e. The van der Waals surface area contributed by atoms with Crippen molar-refractivity contribution in [2.75, 3.05) is 0 Å². The highest BCUT2D eigenvalue weighted by Gasteiger charge is 2.29. The topological polar surface area (TPSA) is 34.1 Å². The zero-order valence-corrected chi connectivity index (χ0v) is 12.0. The van der Waals surface area contributed by atoms with Gasteiger partial charge in [-0.3, -0.25) is 9.59 Å². The van der Waals surface area contributed by atoms with Gasteiger partial charge in [0, 0.05) is 11.5 Å². The molecule has 1 atom stereocenters. The summed E-state index contributed by atoms with van der Waals surface area (Å²) in [6, 6.07) is 5.37. The summed E-state index contributed by atoms with van der Waals surface area (Å²) in [4.78, 5) is 23.6. The first-order valence-corrected chi connectivity index (χ1v) is 6.75. The average molecular weight is 264 g/mol. The molecular weight excluding hydrogens is 243 g/mol. The van der Waals surface area contributed by atoms with E-state index in [9.17, 15) is 14.0 Å². The highest BCUT2D eigenvalue weighted by molar-refractivity contribution is 6.13. The maximum atomic E-state index is 13.9. The number of hydrogen-bond acceptors (Lipinski definition) is 2. The maximum Gasteiger partial charge on any atom is 0.221 e. The first-order chi connectivity index (χ1) is 8.90. The summed E-state index contributed by atoms with van der Waals surface area (Å²) in [6.45, 7) is 7.16. The van der Waals surface area contributed by atoms with E-state index in [2.05, 4.69) is 0 Å². The minimum absolute atomic E-state index is 0.303. The van der Waals surface area contributed by atoms with Crippen LogP contribution in [0.2, 0.25) is 0 Å². The van der Waals surface area contributed by atoms with E-state index < -0.39 is 23.7 Å². The highest BCUT2D eigenvalue weighted by Crippen LogP contribution is 2.16. The van der Waals surface area contributed by atoms with Crippen molar-refractivity contribution in [2.45, 2.75) is 46.7 Å². The Balaban J connectivity index is 3.08. The van der Waals surface area contributed by atoms with Crippen molar-refractivity contribution in [3.8, 4) is 0 Å². The molecule has 3 heteroatoms. The van der Waals surface area contributed by atoms with Gasteiger partial charge in [0.2, 0.25) is 12.0 Å². The SMILES string of the molecule is CCc1cc(CC)cc(C(=O)C(F)C(=O)C(C)C)c1. The minimum Gasteiger partial charge on any atom is -0.296 e. The molecule has 0 amide bonds. The Bertz CT molecular complexity index is 455. The summed E-state index contributed by atoms with van der Waals surface area (Å²) in [7, 11) is 0. The van der Waals surface area contributed by atoms with E-state index >= 15 is 0 Å². The predicted molar refractivity (Wildman–Crippen MR) is 74.3 cm³/mol. The van der Waals surface area contributed by atoms with E-state index in [0.717, 1.165) is 24.0 Å². The molecule has 1 aromatic carbocycles. The summed E-state index contributed by atoms with van der Waals surface area (Å²) in [6.07, 6.45) is -0.483. The highest BCUT2D eigenvalue weighted by atomic mass is 19.1. The van der Waals surface area contributed by atoms with Gasteiger partial charge in [-0.15, -0.1) is 0 Å². The Hall–Kier alpha value is -1.51. The summed E-state index contributed by atoms with van der Waals surface area (Å²) in [5.74, 6) is -1.84. The maximum absolute atomic E-state index is 13.9. The molecule has 0 saturated carbocycles. The van der Waals surface area contributed by atoms with Crippen molar-refractivity contribution in [3.05, 3.63) is 34.9 Å². The molecule has 0 aliphatic rings. The van der Waals surface area contributed by atoms with E-state index in [1.54, 1.807) is 26.0 Å². The summed E-state index contributed by atoms with van der Waals surface area (Å²) in [5, 5.41) is 0. The number of carbonyl (C=O) groups excluding carboxylic acids is 2. The molecule has 104 valence electrons. The first kappa shape index (κ1) is 15.5. The van der Waals surface area contributed by atoms with Crippen LogP contribution in [0, 0.1) is 5.92 Å². The van der Waals surface area contributed by atoms with Crippen LogP contribution in [0.4, 0.5) is 4.39 Å². The lowest BCUT2D eigenvalue weighted by Crippen LogP contribution is -2.29. The molecular formula is C16H21FO2. The number of hydrogen-bond donors (Lipinski definition) is 0. The van der Waals surface area contributed by atoms with Crippen LogP contribution in [-0.2, 0) is 17.6 Å². The van der Waals surface area contributed by atoms with Crippen LogP contribution in [0.15, 0.2) is 18.2 Å². The summed E-state index contributed by atoms with van der Waals surface area (Å²) < 4.78 is 13.9. The van der Waals surface area contributed by atoms with Crippen LogP contribution in [0.25, 0.3) is 0 Å². The van der Waals surface area contributed by atoms with Crippen molar-refractivity contribution >= 4 is 11.6 Å². The van der Waals surface area contributed by atoms with Crippen molar-refractivity contribution < 1.29 is 14.0 Å². The first-order valence-electron chi connectivity index (χ1n) is 6.75. The molecule has 0 spiro atoms. The molecule has 0 aromatic heterocycles.